The van der Waals surface area contributed by atoms with Gasteiger partial charge in [0.05, 0.1) is 17.4 Å². The van der Waals surface area contributed by atoms with Crippen molar-refractivity contribution in [1.29, 1.82) is 0 Å². The molecule has 1 amide bonds. The fourth-order valence-electron chi connectivity index (χ4n) is 8.83. The summed E-state index contributed by atoms with van der Waals surface area (Å²) in [6.07, 6.45) is -10.9. The Bertz CT molecular complexity index is 1170. The average molecular weight is 540 g/mol. The van der Waals surface area contributed by atoms with E-state index in [0.29, 0.717) is 0 Å². The largest absolute Gasteiger partial charge is 0.456 e. The molecule has 13 nitrogen and oxygen atoms in total. The van der Waals surface area contributed by atoms with E-state index in [-0.39, 0.29) is 0 Å². The lowest BCUT2D eigenvalue weighted by molar-refractivity contribution is -0.240. The van der Waals surface area contributed by atoms with E-state index in [2.05, 4.69) is 5.32 Å². The van der Waals surface area contributed by atoms with E-state index in [9.17, 15) is 34.5 Å². The monoisotopic (exact) mass is 539 g/mol. The number of ether oxygens (including phenoxy) is 5. The molecule has 4 heterocycles. The third-order valence-corrected chi connectivity index (χ3v) is 9.63. The predicted octanol–water partition coefficient (Wildman–Crippen LogP) is -0.866. The van der Waals surface area contributed by atoms with Gasteiger partial charge in [-0.1, -0.05) is 20.8 Å². The Hall–Kier alpha value is -2.48. The summed E-state index contributed by atoms with van der Waals surface area (Å²) in [5.41, 5.74) is -10.6. The third-order valence-electron chi connectivity index (χ3n) is 9.63. The van der Waals surface area contributed by atoms with Crippen LogP contribution in [0.25, 0.3) is 0 Å². The molecule has 13 heteroatoms. The highest BCUT2D eigenvalue weighted by Crippen LogP contribution is 2.84. The summed E-state index contributed by atoms with van der Waals surface area (Å²) >= 11 is 0. The molecule has 0 aromatic carbocycles. The Labute approximate surface area is 218 Å². The third kappa shape index (κ3) is 2.29. The van der Waals surface area contributed by atoms with Gasteiger partial charge in [-0.05, 0) is 33.1 Å². The van der Waals surface area contributed by atoms with Gasteiger partial charge in [0.1, 0.15) is 11.5 Å². The van der Waals surface area contributed by atoms with Crippen LogP contribution in [0, 0.1) is 28.1 Å². The molecule has 5 unspecified atom stereocenters. The second kappa shape index (κ2) is 6.80. The summed E-state index contributed by atoms with van der Waals surface area (Å²) in [4.78, 5) is 52.8. The Balaban J connectivity index is 1.68. The average Bonchev–Trinajstić information content (AvgIpc) is 3.45. The molecule has 2 aliphatic carbocycles. The van der Waals surface area contributed by atoms with E-state index in [0.717, 1.165) is 0 Å². The summed E-state index contributed by atoms with van der Waals surface area (Å²) in [5.74, 6) is -5.46. The van der Waals surface area contributed by atoms with Crippen LogP contribution >= 0.6 is 0 Å². The number of nitrogens with one attached hydrogen (secondary N) is 1. The molecule has 0 radical (unpaired) electrons. The lowest BCUT2D eigenvalue weighted by Crippen LogP contribution is -2.67. The minimum absolute atomic E-state index is 0.770. The molecule has 210 valence electrons. The zero-order valence-electron chi connectivity index (χ0n) is 22.1. The predicted molar refractivity (Wildman–Crippen MR) is 121 cm³/mol. The van der Waals surface area contributed by atoms with Gasteiger partial charge < -0.3 is 44.3 Å². The smallest absolute Gasteiger partial charge is 0.407 e. The summed E-state index contributed by atoms with van der Waals surface area (Å²) in [7, 11) is 0. The van der Waals surface area contributed by atoms with Crippen LogP contribution in [0.3, 0.4) is 0 Å². The van der Waals surface area contributed by atoms with Crippen molar-refractivity contribution in [2.45, 2.75) is 102 Å². The molecular formula is C25H33NO12. The van der Waals surface area contributed by atoms with Crippen molar-refractivity contribution >= 4 is 24.0 Å². The quantitative estimate of drug-likeness (QED) is 0.239. The number of hydrogen-bond acceptors (Lipinski definition) is 12. The molecule has 6 rings (SSSR count). The van der Waals surface area contributed by atoms with Gasteiger partial charge in [-0.3, -0.25) is 4.79 Å². The molecule has 2 saturated carbocycles. The molecule has 4 N–H and O–H groups in total. The zero-order chi connectivity index (χ0) is 28.2. The molecule has 0 aromatic heterocycles. The highest BCUT2D eigenvalue weighted by atomic mass is 16.8. The van der Waals surface area contributed by atoms with Gasteiger partial charge in [-0.15, -0.1) is 0 Å². The highest BCUT2D eigenvalue weighted by Gasteiger charge is 3.06. The second-order valence-electron chi connectivity index (χ2n) is 13.5. The van der Waals surface area contributed by atoms with Crippen LogP contribution in [0.1, 0.15) is 48.5 Å². The number of esters is 3. The van der Waals surface area contributed by atoms with Crippen LogP contribution in [0.4, 0.5) is 4.79 Å². The van der Waals surface area contributed by atoms with Crippen molar-refractivity contribution in [1.82, 2.24) is 5.32 Å². The first kappa shape index (κ1) is 25.8. The van der Waals surface area contributed by atoms with Gasteiger partial charge in [0.2, 0.25) is 11.9 Å². The zero-order valence-corrected chi connectivity index (χ0v) is 22.1. The first-order chi connectivity index (χ1) is 17.3. The Morgan fingerprint density at radius 2 is 1.61 bits per heavy atom. The van der Waals surface area contributed by atoms with E-state index in [4.69, 9.17) is 23.7 Å². The summed E-state index contributed by atoms with van der Waals surface area (Å²) in [5, 5.41) is 38.3. The summed E-state index contributed by atoms with van der Waals surface area (Å²) < 4.78 is 28.9. The van der Waals surface area contributed by atoms with E-state index in [1.165, 1.54) is 6.92 Å². The molecule has 38 heavy (non-hydrogen) atoms. The molecule has 0 aromatic rings. The van der Waals surface area contributed by atoms with Gasteiger partial charge in [-0.25, -0.2) is 14.4 Å². The number of carbonyl (C=O) groups is 4. The van der Waals surface area contributed by atoms with Crippen LogP contribution in [0.5, 0.6) is 0 Å². The van der Waals surface area contributed by atoms with Crippen molar-refractivity contribution in [2.75, 3.05) is 0 Å². The summed E-state index contributed by atoms with van der Waals surface area (Å²) in [6, 6.07) is 0. The van der Waals surface area contributed by atoms with Gasteiger partial charge in [0.25, 0.3) is 0 Å². The second-order valence-corrected chi connectivity index (χ2v) is 13.5. The Morgan fingerprint density at radius 3 is 2.18 bits per heavy atom. The van der Waals surface area contributed by atoms with Crippen molar-refractivity contribution in [3.05, 3.63) is 0 Å². The maximum Gasteiger partial charge on any atom is 0.407 e. The van der Waals surface area contributed by atoms with E-state index in [1.807, 2.05) is 0 Å². The van der Waals surface area contributed by atoms with E-state index in [1.54, 1.807) is 41.5 Å². The Kier molecular flexibility index (Phi) is 4.61. The van der Waals surface area contributed by atoms with Gasteiger partial charge >= 0.3 is 24.0 Å². The molecule has 6 fully saturated rings. The molecule has 12 atom stereocenters. The van der Waals surface area contributed by atoms with Crippen LogP contribution in [0.15, 0.2) is 0 Å². The first-order valence-corrected chi connectivity index (χ1v) is 12.7. The minimum atomic E-state index is -2.49. The fourth-order valence-corrected chi connectivity index (χ4v) is 8.83. The van der Waals surface area contributed by atoms with Crippen molar-refractivity contribution < 1.29 is 58.2 Å². The lowest BCUT2D eigenvalue weighted by atomic mass is 9.51. The number of aliphatic hydroxyl groups excluding tert-OH is 2. The SMILES string of the molecule is C[C@@H]1C(=O)OC2C(OC(=O)NC(C)(C)C)C34[C@@H]5OC(=O)[C@]3(O[C@@H]3OC(=O)[C@H](O)C34C(C(C)(C)C)[C@H]5O)[C@]21O. The number of aliphatic hydroxyl groups is 3. The van der Waals surface area contributed by atoms with Gasteiger partial charge in [0, 0.05) is 11.5 Å². The topological polar surface area (TPSA) is 187 Å². The van der Waals surface area contributed by atoms with Crippen molar-refractivity contribution in [3.8, 4) is 0 Å². The van der Waals surface area contributed by atoms with E-state index < -0.39 is 106 Å². The summed E-state index contributed by atoms with van der Waals surface area (Å²) in [6.45, 7) is 11.7. The van der Waals surface area contributed by atoms with Crippen molar-refractivity contribution in [2.24, 2.45) is 28.1 Å². The first-order valence-electron chi connectivity index (χ1n) is 12.7. The van der Waals surface area contributed by atoms with Crippen LogP contribution in [-0.2, 0) is 38.1 Å². The molecule has 2 spiro atoms. The number of amides is 1. The number of fused-ring (bicyclic) bond motifs is 1. The maximum atomic E-state index is 13.9. The maximum absolute atomic E-state index is 13.9. The van der Waals surface area contributed by atoms with Crippen molar-refractivity contribution in [3.63, 3.8) is 0 Å². The standard InChI is InChI=1S/C25H33NO12/c1-8-15(29)34-14-13(36-19(32)26-21(5,6)7)23-12-9(27)10(20(2,3)4)22(23)11(28)16(30)37-18(22)38-25(23,17(31)35-12)24(8,14)33/h8-14,18,27-28,33H,1-7H3,(H,26,32)/t8-,9-,10?,11+,12-,13?,14?,18+,22?,23?,24-,25-/m1/s1. The molecule has 4 aliphatic heterocycles. The highest BCUT2D eigenvalue weighted by molar-refractivity contribution is 5.94. The van der Waals surface area contributed by atoms with E-state index >= 15 is 0 Å². The molecule has 4 saturated heterocycles. The number of rotatable bonds is 1. The van der Waals surface area contributed by atoms with Crippen LogP contribution in [-0.4, -0.2) is 92.9 Å². The van der Waals surface area contributed by atoms with Crippen LogP contribution < -0.4 is 5.32 Å². The van der Waals surface area contributed by atoms with Gasteiger partial charge in [0.15, 0.2) is 23.9 Å². The van der Waals surface area contributed by atoms with Gasteiger partial charge in [-0.2, -0.15) is 0 Å². The minimum Gasteiger partial charge on any atom is -0.456 e. The number of alkyl carbamates (subject to hydrolysis) is 1. The number of hydrogen-bond donors (Lipinski definition) is 4. The molecular weight excluding hydrogens is 506 g/mol. The normalized spacial score (nSPS) is 52.1. The lowest BCUT2D eigenvalue weighted by Gasteiger charge is -2.47. The molecule has 0 bridgehead atoms. The van der Waals surface area contributed by atoms with Crippen LogP contribution in [0.2, 0.25) is 0 Å². The number of carbonyl (C=O) groups excluding carboxylic acids is 4. The molecule has 6 aliphatic rings. The fraction of sp³-hybridized carbons (Fsp3) is 0.840. The Morgan fingerprint density at radius 1 is 0.974 bits per heavy atom.